The Hall–Kier alpha value is -1.16. The van der Waals surface area contributed by atoms with Crippen LogP contribution in [0.5, 0.6) is 5.75 Å². The summed E-state index contributed by atoms with van der Waals surface area (Å²) < 4.78 is 18.0. The standard InChI is InChI=1S/C9H11FN2O/c10-9-5-7(1-2-12-9)13-8-3-6(11)4-8/h1-2,5-6,8H,3-4,11H2. The molecule has 1 heterocycles. The molecule has 1 aliphatic carbocycles. The van der Waals surface area contributed by atoms with Crippen LogP contribution in [0, 0.1) is 5.95 Å². The molecule has 3 nitrogen and oxygen atoms in total. The zero-order valence-corrected chi connectivity index (χ0v) is 7.11. The van der Waals surface area contributed by atoms with Gasteiger partial charge in [-0.2, -0.15) is 4.39 Å². The minimum atomic E-state index is -0.513. The van der Waals surface area contributed by atoms with Crippen molar-refractivity contribution in [3.8, 4) is 5.75 Å². The van der Waals surface area contributed by atoms with E-state index in [-0.39, 0.29) is 12.1 Å². The van der Waals surface area contributed by atoms with Crippen LogP contribution in [-0.2, 0) is 0 Å². The molecule has 0 radical (unpaired) electrons. The number of pyridine rings is 1. The molecule has 1 saturated carbocycles. The number of halogens is 1. The van der Waals surface area contributed by atoms with E-state index in [1.807, 2.05) is 0 Å². The van der Waals surface area contributed by atoms with Crippen LogP contribution in [-0.4, -0.2) is 17.1 Å². The SMILES string of the molecule is NC1CC(Oc2ccnc(F)c2)C1. The van der Waals surface area contributed by atoms with Crippen molar-refractivity contribution in [1.29, 1.82) is 0 Å². The van der Waals surface area contributed by atoms with Gasteiger partial charge in [0.2, 0.25) is 5.95 Å². The van der Waals surface area contributed by atoms with Crippen molar-refractivity contribution in [2.75, 3.05) is 0 Å². The van der Waals surface area contributed by atoms with E-state index in [4.69, 9.17) is 10.5 Å². The molecule has 0 aliphatic heterocycles. The van der Waals surface area contributed by atoms with E-state index in [1.54, 1.807) is 6.07 Å². The zero-order chi connectivity index (χ0) is 9.26. The summed E-state index contributed by atoms with van der Waals surface area (Å²) in [4.78, 5) is 3.43. The van der Waals surface area contributed by atoms with Gasteiger partial charge in [0.15, 0.2) is 0 Å². The lowest BCUT2D eigenvalue weighted by Crippen LogP contribution is -2.43. The van der Waals surface area contributed by atoms with Gasteiger partial charge in [-0.25, -0.2) is 4.98 Å². The fourth-order valence-corrected chi connectivity index (χ4v) is 1.35. The highest BCUT2D eigenvalue weighted by Crippen LogP contribution is 2.24. The number of nitrogens with zero attached hydrogens (tertiary/aromatic N) is 1. The zero-order valence-electron chi connectivity index (χ0n) is 7.11. The van der Waals surface area contributed by atoms with Crippen LogP contribution in [0.3, 0.4) is 0 Å². The molecule has 4 heteroatoms. The predicted octanol–water partition coefficient (Wildman–Crippen LogP) is 1.09. The molecular formula is C9H11FN2O. The summed E-state index contributed by atoms with van der Waals surface area (Å²) in [6.07, 6.45) is 3.24. The third kappa shape index (κ3) is 1.95. The lowest BCUT2D eigenvalue weighted by Gasteiger charge is -2.32. The van der Waals surface area contributed by atoms with Crippen molar-refractivity contribution in [2.45, 2.75) is 25.0 Å². The summed E-state index contributed by atoms with van der Waals surface area (Å²) in [5.41, 5.74) is 5.59. The first-order valence-corrected chi connectivity index (χ1v) is 4.28. The fraction of sp³-hybridized carbons (Fsp3) is 0.444. The summed E-state index contributed by atoms with van der Waals surface area (Å²) in [5.74, 6) is 0.0190. The number of hydrogen-bond donors (Lipinski definition) is 1. The molecule has 13 heavy (non-hydrogen) atoms. The largest absolute Gasteiger partial charge is 0.490 e. The molecule has 70 valence electrons. The normalized spacial score (nSPS) is 26.6. The summed E-state index contributed by atoms with van der Waals surface area (Å²) in [7, 11) is 0. The number of rotatable bonds is 2. The Morgan fingerprint density at radius 1 is 1.54 bits per heavy atom. The first-order chi connectivity index (χ1) is 6.24. The molecule has 1 aromatic heterocycles. The minimum Gasteiger partial charge on any atom is -0.490 e. The predicted molar refractivity (Wildman–Crippen MR) is 45.8 cm³/mol. The molecule has 0 atom stereocenters. The maximum atomic E-state index is 12.6. The number of hydrogen-bond acceptors (Lipinski definition) is 3. The van der Waals surface area contributed by atoms with Gasteiger partial charge in [-0.15, -0.1) is 0 Å². The average molecular weight is 182 g/mol. The van der Waals surface area contributed by atoms with Gasteiger partial charge in [0.1, 0.15) is 11.9 Å². The number of aromatic nitrogens is 1. The van der Waals surface area contributed by atoms with Gasteiger partial charge in [-0.05, 0) is 18.9 Å². The van der Waals surface area contributed by atoms with Gasteiger partial charge >= 0.3 is 0 Å². The van der Waals surface area contributed by atoms with Crippen molar-refractivity contribution in [1.82, 2.24) is 4.98 Å². The van der Waals surface area contributed by atoms with Crippen molar-refractivity contribution >= 4 is 0 Å². The highest BCUT2D eigenvalue weighted by Gasteiger charge is 2.27. The third-order valence-corrected chi connectivity index (χ3v) is 2.13. The summed E-state index contributed by atoms with van der Waals surface area (Å²) in [6, 6.07) is 3.17. The molecule has 0 spiro atoms. The van der Waals surface area contributed by atoms with E-state index >= 15 is 0 Å². The molecular weight excluding hydrogens is 171 g/mol. The Balaban J connectivity index is 1.94. The smallest absolute Gasteiger partial charge is 0.216 e. The van der Waals surface area contributed by atoms with E-state index in [0.717, 1.165) is 12.8 Å². The van der Waals surface area contributed by atoms with Gasteiger partial charge in [0.05, 0.1) is 0 Å². The first-order valence-electron chi connectivity index (χ1n) is 4.28. The molecule has 0 amide bonds. The fourth-order valence-electron chi connectivity index (χ4n) is 1.35. The Labute approximate surface area is 75.7 Å². The topological polar surface area (TPSA) is 48.1 Å². The van der Waals surface area contributed by atoms with Crippen molar-refractivity contribution in [3.63, 3.8) is 0 Å². The van der Waals surface area contributed by atoms with E-state index in [2.05, 4.69) is 4.98 Å². The van der Waals surface area contributed by atoms with Crippen LogP contribution in [0.2, 0.25) is 0 Å². The Morgan fingerprint density at radius 2 is 2.31 bits per heavy atom. The van der Waals surface area contributed by atoms with Crippen LogP contribution in [0.25, 0.3) is 0 Å². The lowest BCUT2D eigenvalue weighted by molar-refractivity contribution is 0.100. The van der Waals surface area contributed by atoms with Crippen LogP contribution >= 0.6 is 0 Å². The van der Waals surface area contributed by atoms with E-state index in [9.17, 15) is 4.39 Å². The molecule has 2 N–H and O–H groups in total. The number of ether oxygens (including phenoxy) is 1. The second kappa shape index (κ2) is 3.30. The van der Waals surface area contributed by atoms with Gasteiger partial charge in [-0.1, -0.05) is 0 Å². The first kappa shape index (κ1) is 8.44. The molecule has 2 rings (SSSR count). The molecule has 0 bridgehead atoms. The third-order valence-electron chi connectivity index (χ3n) is 2.13. The maximum absolute atomic E-state index is 12.6. The van der Waals surface area contributed by atoms with Crippen LogP contribution < -0.4 is 10.5 Å². The highest BCUT2D eigenvalue weighted by molar-refractivity contribution is 5.18. The second-order valence-corrected chi connectivity index (χ2v) is 3.29. The van der Waals surface area contributed by atoms with E-state index < -0.39 is 5.95 Å². The molecule has 0 saturated heterocycles. The van der Waals surface area contributed by atoms with Gasteiger partial charge in [-0.3, -0.25) is 0 Å². The lowest BCUT2D eigenvalue weighted by atomic mass is 9.90. The van der Waals surface area contributed by atoms with Gasteiger partial charge < -0.3 is 10.5 Å². The summed E-state index contributed by atoms with van der Waals surface area (Å²) >= 11 is 0. The molecule has 0 unspecified atom stereocenters. The maximum Gasteiger partial charge on any atom is 0.216 e. The summed E-state index contributed by atoms with van der Waals surface area (Å²) in [5, 5.41) is 0. The van der Waals surface area contributed by atoms with Gasteiger partial charge in [0, 0.05) is 18.3 Å². The van der Waals surface area contributed by atoms with E-state index in [1.165, 1.54) is 12.3 Å². The van der Waals surface area contributed by atoms with Crippen LogP contribution in [0.1, 0.15) is 12.8 Å². The summed E-state index contributed by atoms with van der Waals surface area (Å²) in [6.45, 7) is 0. The van der Waals surface area contributed by atoms with Crippen molar-refractivity contribution < 1.29 is 9.13 Å². The average Bonchev–Trinajstić information content (AvgIpc) is 2.01. The number of nitrogens with two attached hydrogens (primary N) is 1. The Bertz CT molecular complexity index is 299. The van der Waals surface area contributed by atoms with Crippen LogP contribution in [0.15, 0.2) is 18.3 Å². The van der Waals surface area contributed by atoms with E-state index in [0.29, 0.717) is 5.75 Å². The van der Waals surface area contributed by atoms with Crippen LogP contribution in [0.4, 0.5) is 4.39 Å². The van der Waals surface area contributed by atoms with Crippen molar-refractivity contribution in [2.24, 2.45) is 5.73 Å². The second-order valence-electron chi connectivity index (χ2n) is 3.29. The Morgan fingerprint density at radius 3 is 2.92 bits per heavy atom. The molecule has 0 aromatic carbocycles. The molecule has 1 aromatic rings. The van der Waals surface area contributed by atoms with Crippen molar-refractivity contribution in [3.05, 3.63) is 24.3 Å². The highest BCUT2D eigenvalue weighted by atomic mass is 19.1. The monoisotopic (exact) mass is 182 g/mol. The molecule has 1 fully saturated rings. The molecule has 1 aliphatic rings. The Kier molecular flexibility index (Phi) is 2.14. The van der Waals surface area contributed by atoms with Gasteiger partial charge in [0.25, 0.3) is 0 Å². The quantitative estimate of drug-likeness (QED) is 0.696. The minimum absolute atomic E-state index is 0.150.